The molecule has 0 saturated heterocycles. The molecule has 4 rings (SSSR count). The van der Waals surface area contributed by atoms with Gasteiger partial charge < -0.3 is 10.4 Å². The van der Waals surface area contributed by atoms with E-state index in [1.807, 2.05) is 0 Å². The molecule has 146 valence electrons. The lowest BCUT2D eigenvalue weighted by Gasteiger charge is -2.57. The lowest BCUT2D eigenvalue weighted by atomic mass is 9.47. The number of ketones is 2. The summed E-state index contributed by atoms with van der Waals surface area (Å²) < 4.78 is 0. The number of likely N-dealkylation sites (N-methyl/N-ethyl adjacent to an activating group) is 1. The first-order valence-electron chi connectivity index (χ1n) is 10.2. The van der Waals surface area contributed by atoms with Crippen LogP contribution in [0.15, 0.2) is 23.5 Å². The Hall–Kier alpha value is -1.91. The van der Waals surface area contributed by atoms with Crippen LogP contribution in [0.25, 0.3) is 0 Å². The van der Waals surface area contributed by atoms with Crippen LogP contribution in [0.1, 0.15) is 52.4 Å². The van der Waals surface area contributed by atoms with Crippen LogP contribution >= 0.6 is 0 Å². The number of nitrogens with one attached hydrogen (secondary N) is 1. The van der Waals surface area contributed by atoms with Gasteiger partial charge >= 0.3 is 0 Å². The van der Waals surface area contributed by atoms with Crippen molar-refractivity contribution < 1.29 is 19.5 Å². The van der Waals surface area contributed by atoms with Crippen LogP contribution in [0.3, 0.4) is 0 Å². The number of rotatable bonds is 2. The molecule has 0 bridgehead atoms. The Balaban J connectivity index is 1.66. The zero-order chi connectivity index (χ0) is 19.6. The Labute approximate surface area is 160 Å². The largest absolute Gasteiger partial charge is 0.511 e. The Kier molecular flexibility index (Phi) is 4.13. The highest BCUT2D eigenvalue weighted by Crippen LogP contribution is 2.66. The standard InChI is InChI=1S/C22H29NO4/c1-21-9-8-16-14(15(21)6-7-17(21)19(26)20(27)23-3)5-4-12-10-13(24)11-18(25)22(12,16)2/h10-11,14-17,25H,4-9H2,1-3H3,(H,23,27)/t14-,15-,16-,17+,21-,22-/m0/s1. The second-order valence-corrected chi connectivity index (χ2v) is 9.34. The van der Waals surface area contributed by atoms with E-state index >= 15 is 0 Å². The molecule has 0 radical (unpaired) electrons. The first-order chi connectivity index (χ1) is 12.7. The molecule has 1 amide bonds. The molecular formula is C22H29NO4. The number of aliphatic hydroxyl groups is 1. The molecule has 5 heteroatoms. The minimum Gasteiger partial charge on any atom is -0.511 e. The third-order valence-electron chi connectivity index (χ3n) is 8.49. The van der Waals surface area contributed by atoms with E-state index in [0.717, 1.165) is 44.1 Å². The van der Waals surface area contributed by atoms with E-state index in [1.165, 1.54) is 13.1 Å². The fourth-order valence-electron chi connectivity index (χ4n) is 7.01. The lowest BCUT2D eigenvalue weighted by molar-refractivity contribution is -0.144. The maximum Gasteiger partial charge on any atom is 0.287 e. The number of hydrogen-bond donors (Lipinski definition) is 2. The fraction of sp³-hybridized carbons (Fsp3) is 0.682. The number of fused-ring (bicyclic) bond motifs is 5. The molecule has 4 aliphatic carbocycles. The van der Waals surface area contributed by atoms with E-state index in [-0.39, 0.29) is 34.6 Å². The Morgan fingerprint density at radius 2 is 1.85 bits per heavy atom. The summed E-state index contributed by atoms with van der Waals surface area (Å²) in [6.45, 7) is 4.28. The van der Waals surface area contributed by atoms with Crippen molar-refractivity contribution in [3.8, 4) is 0 Å². The molecule has 0 aliphatic heterocycles. The van der Waals surface area contributed by atoms with E-state index in [2.05, 4.69) is 19.2 Å². The molecule has 2 N–H and O–H groups in total. The average molecular weight is 371 g/mol. The zero-order valence-corrected chi connectivity index (χ0v) is 16.4. The molecule has 0 spiro atoms. The second kappa shape index (κ2) is 6.05. The van der Waals surface area contributed by atoms with Gasteiger partial charge in [0.25, 0.3) is 5.91 Å². The van der Waals surface area contributed by atoms with Crippen LogP contribution in [-0.2, 0) is 14.4 Å². The Morgan fingerprint density at radius 3 is 2.56 bits per heavy atom. The second-order valence-electron chi connectivity index (χ2n) is 9.34. The summed E-state index contributed by atoms with van der Waals surface area (Å²) in [5.41, 5.74) is 0.459. The smallest absolute Gasteiger partial charge is 0.287 e. The van der Waals surface area contributed by atoms with Gasteiger partial charge in [-0.25, -0.2) is 0 Å². The minimum absolute atomic E-state index is 0.115. The van der Waals surface area contributed by atoms with Gasteiger partial charge in [-0.3, -0.25) is 14.4 Å². The highest BCUT2D eigenvalue weighted by atomic mass is 16.3. The molecule has 0 heterocycles. The van der Waals surface area contributed by atoms with Crippen molar-refractivity contribution in [3.05, 3.63) is 23.5 Å². The molecule has 6 atom stereocenters. The van der Waals surface area contributed by atoms with Crippen LogP contribution in [0.5, 0.6) is 0 Å². The fourth-order valence-corrected chi connectivity index (χ4v) is 7.01. The predicted octanol–water partition coefficient (Wildman–Crippen LogP) is 3.11. The van der Waals surface area contributed by atoms with Crippen molar-refractivity contribution in [2.24, 2.45) is 34.5 Å². The molecule has 0 aromatic heterocycles. The summed E-state index contributed by atoms with van der Waals surface area (Å²) in [7, 11) is 1.52. The predicted molar refractivity (Wildman–Crippen MR) is 101 cm³/mol. The molecule has 3 saturated carbocycles. The summed E-state index contributed by atoms with van der Waals surface area (Å²) >= 11 is 0. The summed E-state index contributed by atoms with van der Waals surface area (Å²) in [5.74, 6) is 0.232. The highest BCUT2D eigenvalue weighted by molar-refractivity contribution is 6.37. The van der Waals surface area contributed by atoms with Crippen molar-refractivity contribution >= 4 is 17.5 Å². The Morgan fingerprint density at radius 1 is 1.11 bits per heavy atom. The van der Waals surface area contributed by atoms with Crippen molar-refractivity contribution in [2.75, 3.05) is 7.05 Å². The van der Waals surface area contributed by atoms with Crippen LogP contribution in [-0.4, -0.2) is 29.6 Å². The van der Waals surface area contributed by atoms with Crippen molar-refractivity contribution in [1.82, 2.24) is 5.32 Å². The summed E-state index contributed by atoms with van der Waals surface area (Å²) in [6, 6.07) is 0. The van der Waals surface area contributed by atoms with E-state index < -0.39 is 11.3 Å². The minimum atomic E-state index is -0.476. The van der Waals surface area contributed by atoms with Crippen molar-refractivity contribution in [1.29, 1.82) is 0 Å². The maximum absolute atomic E-state index is 12.7. The third kappa shape index (κ3) is 2.39. The monoisotopic (exact) mass is 371 g/mol. The number of carbonyl (C=O) groups is 3. The highest BCUT2D eigenvalue weighted by Gasteiger charge is 2.61. The first kappa shape index (κ1) is 18.5. The van der Waals surface area contributed by atoms with Gasteiger partial charge in [-0.1, -0.05) is 12.5 Å². The molecular weight excluding hydrogens is 342 g/mol. The molecule has 5 nitrogen and oxygen atoms in total. The van der Waals surface area contributed by atoms with Crippen LogP contribution < -0.4 is 5.32 Å². The zero-order valence-electron chi connectivity index (χ0n) is 16.4. The lowest BCUT2D eigenvalue weighted by Crippen LogP contribution is -2.52. The number of allylic oxidation sites excluding steroid dienone is 3. The van der Waals surface area contributed by atoms with Gasteiger partial charge in [-0.05, 0) is 74.7 Å². The van der Waals surface area contributed by atoms with Crippen LogP contribution in [0.4, 0.5) is 0 Å². The number of hydrogen-bond acceptors (Lipinski definition) is 4. The van der Waals surface area contributed by atoms with Gasteiger partial charge in [0.15, 0.2) is 5.78 Å². The SMILES string of the molecule is CNC(=O)C(=O)[C@H]1CC[C@H]2[C@@H]3CCC4=CC(=O)C=C(O)[C@]4(C)[C@H]3CC[C@]12C. The summed E-state index contributed by atoms with van der Waals surface area (Å²) in [6.07, 6.45) is 8.45. The van der Waals surface area contributed by atoms with Crippen LogP contribution in [0, 0.1) is 34.5 Å². The Bertz CT molecular complexity index is 781. The summed E-state index contributed by atoms with van der Waals surface area (Å²) in [4.78, 5) is 36.5. The number of carbonyl (C=O) groups excluding carboxylic acids is 3. The van der Waals surface area contributed by atoms with Crippen molar-refractivity contribution in [3.63, 3.8) is 0 Å². The quantitative estimate of drug-likeness (QED) is 0.731. The van der Waals surface area contributed by atoms with E-state index in [4.69, 9.17) is 0 Å². The number of Topliss-reactive ketones (excluding diaryl/α,β-unsaturated/α-hetero) is 1. The van der Waals surface area contributed by atoms with E-state index in [9.17, 15) is 19.5 Å². The third-order valence-corrected chi connectivity index (χ3v) is 8.49. The van der Waals surface area contributed by atoms with Gasteiger partial charge in [-0.2, -0.15) is 0 Å². The van der Waals surface area contributed by atoms with Gasteiger partial charge in [0.2, 0.25) is 5.78 Å². The van der Waals surface area contributed by atoms with E-state index in [0.29, 0.717) is 11.8 Å². The van der Waals surface area contributed by atoms with Crippen LogP contribution in [0.2, 0.25) is 0 Å². The van der Waals surface area contributed by atoms with Gasteiger partial charge in [0, 0.05) is 24.5 Å². The van der Waals surface area contributed by atoms with E-state index in [1.54, 1.807) is 6.08 Å². The number of aliphatic hydroxyl groups excluding tert-OH is 1. The molecule has 27 heavy (non-hydrogen) atoms. The molecule has 3 fully saturated rings. The van der Waals surface area contributed by atoms with Crippen molar-refractivity contribution in [2.45, 2.75) is 52.4 Å². The van der Waals surface area contributed by atoms with Gasteiger partial charge in [0.1, 0.15) is 5.76 Å². The molecule has 0 unspecified atom stereocenters. The molecule has 4 aliphatic rings. The topological polar surface area (TPSA) is 83.5 Å². The number of amides is 1. The normalized spacial score (nSPS) is 43.0. The average Bonchev–Trinajstić information content (AvgIpc) is 2.99. The summed E-state index contributed by atoms with van der Waals surface area (Å²) in [5, 5.41) is 13.2. The maximum atomic E-state index is 12.7. The first-order valence-corrected chi connectivity index (χ1v) is 10.2. The van der Waals surface area contributed by atoms with Gasteiger partial charge in [0.05, 0.1) is 0 Å². The molecule has 0 aromatic carbocycles. The molecule has 0 aromatic rings. The van der Waals surface area contributed by atoms with Gasteiger partial charge in [-0.15, -0.1) is 0 Å².